The van der Waals surface area contributed by atoms with Gasteiger partial charge in [-0.2, -0.15) is 5.10 Å². The first-order valence-electron chi connectivity index (χ1n) is 7.83. The molecule has 0 saturated heterocycles. The zero-order chi connectivity index (χ0) is 16.5. The number of carbonyl (C=O) groups excluding carboxylic acids is 2. The van der Waals surface area contributed by atoms with Crippen molar-refractivity contribution in [3.63, 3.8) is 0 Å². The summed E-state index contributed by atoms with van der Waals surface area (Å²) in [5.41, 5.74) is 2.32. The smallest absolute Gasteiger partial charge is 0.166 e. The van der Waals surface area contributed by atoms with Crippen molar-refractivity contribution < 1.29 is 9.59 Å². The third kappa shape index (κ3) is 2.44. The van der Waals surface area contributed by atoms with Gasteiger partial charge in [0.15, 0.2) is 11.6 Å². The molecule has 2 heterocycles. The van der Waals surface area contributed by atoms with Gasteiger partial charge in [-0.15, -0.1) is 0 Å². The number of aromatic amines is 1. The number of hydrogen-bond acceptors (Lipinski definition) is 4. The minimum absolute atomic E-state index is 0.111. The molecule has 0 spiro atoms. The van der Waals surface area contributed by atoms with Gasteiger partial charge in [-0.05, 0) is 24.3 Å². The molecule has 0 bridgehead atoms. The molecule has 0 fully saturated rings. The van der Waals surface area contributed by atoms with Crippen LogP contribution in [0.15, 0.2) is 60.8 Å². The van der Waals surface area contributed by atoms with Crippen molar-refractivity contribution in [2.45, 2.75) is 12.3 Å². The minimum Gasteiger partial charge on any atom is -0.298 e. The molecule has 0 aliphatic heterocycles. The van der Waals surface area contributed by atoms with Crippen molar-refractivity contribution in [2.24, 2.45) is 5.92 Å². The molecule has 24 heavy (non-hydrogen) atoms. The van der Waals surface area contributed by atoms with Crippen molar-refractivity contribution >= 4 is 22.5 Å². The summed E-state index contributed by atoms with van der Waals surface area (Å²) < 4.78 is 0. The normalized spacial score (nSPS) is 20.7. The standard InChI is InChI=1S/C19H15N3O2/c23-18-9-8-13(15-6-3-4-10-20-15)19(24)14(18)11-17-12-5-1-2-7-16(12)21-22-17/h1-10,13-14H,11H2,(H,21,22). The van der Waals surface area contributed by atoms with Gasteiger partial charge < -0.3 is 0 Å². The minimum atomic E-state index is -0.703. The predicted octanol–water partition coefficient (Wildman–Crippen LogP) is 2.61. The number of Topliss-reactive ketones (excluding diaryl/α,β-unsaturated/α-hetero) is 1. The van der Waals surface area contributed by atoms with Crippen molar-refractivity contribution in [1.82, 2.24) is 15.2 Å². The number of hydrogen-bond donors (Lipinski definition) is 1. The largest absolute Gasteiger partial charge is 0.298 e. The Balaban J connectivity index is 1.66. The van der Waals surface area contributed by atoms with Crippen LogP contribution in [0, 0.1) is 5.92 Å². The second-order valence-corrected chi connectivity index (χ2v) is 5.87. The van der Waals surface area contributed by atoms with E-state index in [9.17, 15) is 9.59 Å². The Morgan fingerprint density at radius 2 is 1.88 bits per heavy atom. The van der Waals surface area contributed by atoms with Crippen LogP contribution < -0.4 is 0 Å². The van der Waals surface area contributed by atoms with E-state index in [0.29, 0.717) is 12.1 Å². The lowest BCUT2D eigenvalue weighted by Crippen LogP contribution is -2.33. The van der Waals surface area contributed by atoms with Gasteiger partial charge in [-0.3, -0.25) is 19.7 Å². The Morgan fingerprint density at radius 3 is 2.71 bits per heavy atom. The highest BCUT2D eigenvalue weighted by molar-refractivity contribution is 6.13. The number of aromatic nitrogens is 3. The number of benzene rings is 1. The van der Waals surface area contributed by atoms with Crippen molar-refractivity contribution in [1.29, 1.82) is 0 Å². The molecule has 2 unspecified atom stereocenters. The maximum Gasteiger partial charge on any atom is 0.166 e. The summed E-state index contributed by atoms with van der Waals surface area (Å²) in [6.07, 6.45) is 5.13. The highest BCUT2D eigenvalue weighted by atomic mass is 16.2. The number of rotatable bonds is 3. The molecule has 2 aromatic heterocycles. The van der Waals surface area contributed by atoms with Gasteiger partial charge in [-0.1, -0.05) is 30.3 Å². The Morgan fingerprint density at radius 1 is 1.04 bits per heavy atom. The van der Waals surface area contributed by atoms with Crippen LogP contribution >= 0.6 is 0 Å². The van der Waals surface area contributed by atoms with Crippen LogP contribution in [-0.2, 0) is 16.0 Å². The number of ketones is 2. The average Bonchev–Trinajstić information content (AvgIpc) is 3.02. The fourth-order valence-electron chi connectivity index (χ4n) is 3.14. The summed E-state index contributed by atoms with van der Waals surface area (Å²) in [7, 11) is 0. The summed E-state index contributed by atoms with van der Waals surface area (Å²) in [6.45, 7) is 0. The lowest BCUT2D eigenvalue weighted by Gasteiger charge is -2.21. The first-order valence-corrected chi connectivity index (χ1v) is 7.83. The number of fused-ring (bicyclic) bond motifs is 1. The van der Waals surface area contributed by atoms with E-state index in [1.165, 1.54) is 6.08 Å². The van der Waals surface area contributed by atoms with Crippen LogP contribution in [0.3, 0.4) is 0 Å². The summed E-state index contributed by atoms with van der Waals surface area (Å²) in [6, 6.07) is 13.1. The summed E-state index contributed by atoms with van der Waals surface area (Å²) in [5.74, 6) is -1.44. The van der Waals surface area contributed by atoms with E-state index in [-0.39, 0.29) is 11.6 Å². The van der Waals surface area contributed by atoms with Crippen molar-refractivity contribution in [3.05, 3.63) is 72.2 Å². The van der Waals surface area contributed by atoms with E-state index < -0.39 is 11.8 Å². The number of H-pyrrole nitrogens is 1. The molecule has 1 aliphatic rings. The van der Waals surface area contributed by atoms with E-state index in [1.807, 2.05) is 36.4 Å². The van der Waals surface area contributed by atoms with Crippen LogP contribution in [0.25, 0.3) is 10.9 Å². The quantitative estimate of drug-likeness (QED) is 0.753. The molecule has 4 rings (SSSR count). The summed E-state index contributed by atoms with van der Waals surface area (Å²) in [4.78, 5) is 29.4. The first-order chi connectivity index (χ1) is 11.7. The van der Waals surface area contributed by atoms with E-state index in [1.54, 1.807) is 18.3 Å². The topological polar surface area (TPSA) is 75.7 Å². The molecule has 0 amide bonds. The number of nitrogens with one attached hydrogen (secondary N) is 1. The fraction of sp³-hybridized carbons (Fsp3) is 0.158. The van der Waals surface area contributed by atoms with Crippen LogP contribution in [0.5, 0.6) is 0 Å². The highest BCUT2D eigenvalue weighted by Crippen LogP contribution is 2.28. The second kappa shape index (κ2) is 5.85. The molecule has 1 N–H and O–H groups in total. The molecule has 5 heteroatoms. The van der Waals surface area contributed by atoms with E-state index in [4.69, 9.17) is 0 Å². The molecule has 2 atom stereocenters. The number of nitrogens with zero attached hydrogens (tertiary/aromatic N) is 2. The zero-order valence-electron chi connectivity index (χ0n) is 12.8. The number of carbonyl (C=O) groups is 2. The van der Waals surface area contributed by atoms with Crippen molar-refractivity contribution in [2.75, 3.05) is 0 Å². The lowest BCUT2D eigenvalue weighted by molar-refractivity contribution is -0.131. The van der Waals surface area contributed by atoms with Gasteiger partial charge in [0.05, 0.1) is 23.0 Å². The highest BCUT2D eigenvalue weighted by Gasteiger charge is 2.35. The van der Waals surface area contributed by atoms with Gasteiger partial charge in [-0.25, -0.2) is 0 Å². The zero-order valence-corrected chi connectivity index (χ0v) is 12.8. The third-order valence-corrected chi connectivity index (χ3v) is 4.40. The summed E-state index contributed by atoms with van der Waals surface area (Å²) >= 11 is 0. The molecular formula is C19H15N3O2. The van der Waals surface area contributed by atoms with Crippen LogP contribution in [0.1, 0.15) is 17.3 Å². The third-order valence-electron chi connectivity index (χ3n) is 4.40. The second-order valence-electron chi connectivity index (χ2n) is 5.87. The molecule has 1 aromatic carbocycles. The maximum absolute atomic E-state index is 12.9. The van der Waals surface area contributed by atoms with E-state index in [0.717, 1.165) is 16.6 Å². The van der Waals surface area contributed by atoms with E-state index in [2.05, 4.69) is 15.2 Å². The number of allylic oxidation sites excluding steroid dienone is 2. The SMILES string of the molecule is O=C1C=CC(c2ccccn2)C(=O)C1Cc1[nH]nc2ccccc12. The number of para-hydroxylation sites is 1. The molecule has 1 aliphatic carbocycles. The van der Waals surface area contributed by atoms with E-state index >= 15 is 0 Å². The number of pyridine rings is 1. The maximum atomic E-state index is 12.9. The van der Waals surface area contributed by atoms with Crippen molar-refractivity contribution in [3.8, 4) is 0 Å². The lowest BCUT2D eigenvalue weighted by atomic mass is 9.80. The Kier molecular flexibility index (Phi) is 3.54. The predicted molar refractivity (Wildman–Crippen MR) is 89.4 cm³/mol. The molecule has 0 radical (unpaired) electrons. The van der Waals surface area contributed by atoms with Crippen LogP contribution in [-0.4, -0.2) is 26.7 Å². The van der Waals surface area contributed by atoms with Crippen LogP contribution in [0.2, 0.25) is 0 Å². The Bertz CT molecular complexity index is 943. The monoisotopic (exact) mass is 317 g/mol. The van der Waals surface area contributed by atoms with Gasteiger partial charge in [0.25, 0.3) is 0 Å². The summed E-state index contributed by atoms with van der Waals surface area (Å²) in [5, 5.41) is 8.14. The molecule has 3 aromatic rings. The molecular weight excluding hydrogens is 302 g/mol. The Labute approximate surface area is 138 Å². The molecule has 5 nitrogen and oxygen atoms in total. The van der Waals surface area contributed by atoms with Gasteiger partial charge >= 0.3 is 0 Å². The van der Waals surface area contributed by atoms with Gasteiger partial charge in [0.2, 0.25) is 0 Å². The first kappa shape index (κ1) is 14.5. The fourth-order valence-corrected chi connectivity index (χ4v) is 3.14. The molecule has 0 saturated carbocycles. The van der Waals surface area contributed by atoms with Gasteiger partial charge in [0, 0.05) is 23.7 Å². The molecule has 118 valence electrons. The van der Waals surface area contributed by atoms with Crippen LogP contribution in [0.4, 0.5) is 0 Å². The van der Waals surface area contributed by atoms with Gasteiger partial charge in [0.1, 0.15) is 0 Å². The average molecular weight is 317 g/mol. The Hall–Kier alpha value is -3.08.